The summed E-state index contributed by atoms with van der Waals surface area (Å²) in [7, 11) is 5.12. The summed E-state index contributed by atoms with van der Waals surface area (Å²) in [5.41, 5.74) is 0.230. The molecular weight excluding hydrogens is 207 g/mol. The van der Waals surface area contributed by atoms with Gasteiger partial charge in [-0.1, -0.05) is 39.2 Å². The van der Waals surface area contributed by atoms with Crippen LogP contribution in [0.1, 0.15) is 27.7 Å². The molecule has 1 N–H and O–H groups in total. The van der Waals surface area contributed by atoms with Crippen molar-refractivity contribution in [2.75, 3.05) is 0 Å². The van der Waals surface area contributed by atoms with Crippen molar-refractivity contribution in [3.63, 3.8) is 0 Å². The van der Waals surface area contributed by atoms with Crippen LogP contribution in [0.4, 0.5) is 8.78 Å². The van der Waals surface area contributed by atoms with Crippen molar-refractivity contribution >= 4 is 13.3 Å². The van der Waals surface area contributed by atoms with E-state index in [4.69, 9.17) is 7.85 Å². The first-order valence-electron chi connectivity index (χ1n) is 5.29. The molecule has 0 saturated carbocycles. The summed E-state index contributed by atoms with van der Waals surface area (Å²) in [6.45, 7) is 8.61. The van der Waals surface area contributed by atoms with Crippen molar-refractivity contribution in [1.82, 2.24) is 5.32 Å². The van der Waals surface area contributed by atoms with Gasteiger partial charge in [-0.2, -0.15) is 0 Å². The largest absolute Gasteiger partial charge is 0.312 e. The third kappa shape index (κ3) is 7.40. The van der Waals surface area contributed by atoms with Crippen LogP contribution >= 0.6 is 0 Å². The molecule has 1 aromatic rings. The average molecular weight is 225 g/mol. The van der Waals surface area contributed by atoms with Gasteiger partial charge in [-0.05, 0) is 12.1 Å². The summed E-state index contributed by atoms with van der Waals surface area (Å²) in [5, 5.41) is 3.31. The molecule has 0 amide bonds. The molecule has 0 unspecified atom stereocenters. The smallest absolute Gasteiger partial charge is 0.158 e. The van der Waals surface area contributed by atoms with Gasteiger partial charge in [0.2, 0.25) is 0 Å². The first-order chi connectivity index (χ1) is 7.32. The lowest BCUT2D eigenvalue weighted by atomic mass is 9.96. The van der Waals surface area contributed by atoms with E-state index < -0.39 is 11.6 Å². The predicted octanol–water partition coefficient (Wildman–Crippen LogP) is 2.15. The van der Waals surface area contributed by atoms with Crippen molar-refractivity contribution < 1.29 is 8.78 Å². The number of halogens is 2. The lowest BCUT2D eigenvalue weighted by Crippen LogP contribution is -2.29. The average Bonchev–Trinajstić information content (AvgIpc) is 2.10. The van der Waals surface area contributed by atoms with E-state index in [-0.39, 0.29) is 5.46 Å². The normalized spacial score (nSPS) is 10.2. The van der Waals surface area contributed by atoms with E-state index in [0.29, 0.717) is 12.1 Å². The molecule has 0 bridgehead atoms. The van der Waals surface area contributed by atoms with E-state index >= 15 is 0 Å². The summed E-state index contributed by atoms with van der Waals surface area (Å²) in [5.74, 6) is -1.78. The molecule has 88 valence electrons. The zero-order valence-corrected chi connectivity index (χ0v) is 10.2. The van der Waals surface area contributed by atoms with E-state index in [2.05, 4.69) is 33.0 Å². The fourth-order valence-corrected chi connectivity index (χ4v) is 1.18. The lowest BCUT2D eigenvalue weighted by Gasteiger charge is -2.10. The van der Waals surface area contributed by atoms with Crippen molar-refractivity contribution in [2.45, 2.75) is 39.8 Å². The third-order valence-electron chi connectivity index (χ3n) is 1.61. The summed E-state index contributed by atoms with van der Waals surface area (Å²) in [6, 6.07) is 4.48. The maximum Gasteiger partial charge on any atom is 0.158 e. The molecule has 0 aliphatic carbocycles. The van der Waals surface area contributed by atoms with E-state index in [9.17, 15) is 8.78 Å². The van der Waals surface area contributed by atoms with E-state index in [1.54, 1.807) is 0 Å². The maximum absolute atomic E-state index is 12.1. The number of nitrogens with one attached hydrogen (secondary N) is 1. The van der Waals surface area contributed by atoms with Crippen molar-refractivity contribution in [3.8, 4) is 0 Å². The Balaban J connectivity index is 0.000000293. The van der Waals surface area contributed by atoms with Crippen LogP contribution in [-0.2, 0) is 0 Å². The Hall–Kier alpha value is -0.895. The summed E-state index contributed by atoms with van der Waals surface area (Å²) >= 11 is 0. The fraction of sp³-hybridized carbons (Fsp3) is 0.500. The van der Waals surface area contributed by atoms with Crippen LogP contribution in [-0.4, -0.2) is 19.9 Å². The predicted molar refractivity (Wildman–Crippen MR) is 65.2 cm³/mol. The molecule has 0 fully saturated rings. The minimum absolute atomic E-state index is 0.230. The molecule has 0 heterocycles. The minimum atomic E-state index is -0.907. The van der Waals surface area contributed by atoms with Crippen LogP contribution in [0.25, 0.3) is 0 Å². The Morgan fingerprint density at radius 2 is 1.50 bits per heavy atom. The molecule has 0 spiro atoms. The van der Waals surface area contributed by atoms with Gasteiger partial charge in [0.1, 0.15) is 7.85 Å². The number of benzene rings is 1. The molecule has 16 heavy (non-hydrogen) atoms. The van der Waals surface area contributed by atoms with Gasteiger partial charge in [-0.15, -0.1) is 0 Å². The van der Waals surface area contributed by atoms with E-state index in [1.165, 1.54) is 6.07 Å². The molecule has 1 aromatic carbocycles. The molecule has 0 aromatic heterocycles. The summed E-state index contributed by atoms with van der Waals surface area (Å²) < 4.78 is 24.2. The van der Waals surface area contributed by atoms with Gasteiger partial charge in [0.15, 0.2) is 11.6 Å². The molecule has 0 atom stereocenters. The molecular formula is C12H18BF2N. The monoisotopic (exact) mass is 225 g/mol. The second kappa shape index (κ2) is 7.39. The van der Waals surface area contributed by atoms with Crippen LogP contribution in [0.3, 0.4) is 0 Å². The van der Waals surface area contributed by atoms with Crippen LogP contribution in [0.15, 0.2) is 18.2 Å². The topological polar surface area (TPSA) is 12.0 Å². The van der Waals surface area contributed by atoms with E-state index in [0.717, 1.165) is 12.1 Å². The number of rotatable bonds is 2. The lowest BCUT2D eigenvalue weighted by molar-refractivity contribution is 0.509. The van der Waals surface area contributed by atoms with Gasteiger partial charge < -0.3 is 5.32 Å². The van der Waals surface area contributed by atoms with Crippen molar-refractivity contribution in [3.05, 3.63) is 29.8 Å². The molecule has 4 heteroatoms. The van der Waals surface area contributed by atoms with Gasteiger partial charge >= 0.3 is 0 Å². The van der Waals surface area contributed by atoms with Gasteiger partial charge in [0, 0.05) is 12.1 Å². The van der Waals surface area contributed by atoms with Gasteiger partial charge in [0.25, 0.3) is 0 Å². The van der Waals surface area contributed by atoms with Gasteiger partial charge in [0.05, 0.1) is 0 Å². The highest BCUT2D eigenvalue weighted by atomic mass is 19.2. The number of hydrogen-bond acceptors (Lipinski definition) is 1. The Kier molecular flexibility index (Phi) is 6.98. The zero-order chi connectivity index (χ0) is 12.7. The van der Waals surface area contributed by atoms with E-state index in [1.807, 2.05) is 0 Å². The molecule has 2 radical (unpaired) electrons. The molecule has 0 aliphatic rings. The SMILES string of the molecule is CC(C)NC(C)C.[B]c1ccc(F)c(F)c1. The Morgan fingerprint density at radius 1 is 1.00 bits per heavy atom. The van der Waals surface area contributed by atoms with Crippen molar-refractivity contribution in [1.29, 1.82) is 0 Å². The Morgan fingerprint density at radius 3 is 1.75 bits per heavy atom. The summed E-state index contributed by atoms with van der Waals surface area (Å²) in [4.78, 5) is 0. The number of hydrogen-bond donors (Lipinski definition) is 1. The van der Waals surface area contributed by atoms with Crippen molar-refractivity contribution in [2.24, 2.45) is 0 Å². The first-order valence-corrected chi connectivity index (χ1v) is 5.29. The quantitative estimate of drug-likeness (QED) is 0.760. The fourth-order valence-electron chi connectivity index (χ4n) is 1.18. The highest BCUT2D eigenvalue weighted by molar-refractivity contribution is 6.32. The van der Waals surface area contributed by atoms with Crippen LogP contribution in [0.5, 0.6) is 0 Å². The Bertz CT molecular complexity index is 308. The Labute approximate surface area is 97.7 Å². The second-order valence-electron chi connectivity index (χ2n) is 4.15. The zero-order valence-electron chi connectivity index (χ0n) is 10.2. The van der Waals surface area contributed by atoms with Gasteiger partial charge in [-0.25, -0.2) is 8.78 Å². The van der Waals surface area contributed by atoms with Crippen LogP contribution in [0.2, 0.25) is 0 Å². The second-order valence-corrected chi connectivity index (χ2v) is 4.15. The highest BCUT2D eigenvalue weighted by Gasteiger charge is 1.97. The van der Waals surface area contributed by atoms with Crippen LogP contribution < -0.4 is 10.8 Å². The van der Waals surface area contributed by atoms with Crippen LogP contribution in [0, 0.1) is 11.6 Å². The molecule has 1 nitrogen and oxygen atoms in total. The highest BCUT2D eigenvalue weighted by Crippen LogP contribution is 1.99. The van der Waals surface area contributed by atoms with Gasteiger partial charge in [-0.3, -0.25) is 0 Å². The maximum atomic E-state index is 12.1. The third-order valence-corrected chi connectivity index (χ3v) is 1.61. The minimum Gasteiger partial charge on any atom is -0.312 e. The standard InChI is InChI=1S/C6H3BF2.C6H15N/c7-4-1-2-5(8)6(9)3-4;1-5(2)7-6(3)4/h1-3H;5-7H,1-4H3. The molecule has 1 rings (SSSR count). The first kappa shape index (κ1) is 15.1. The molecule has 0 saturated heterocycles. The molecule has 0 aliphatic heterocycles. The summed E-state index contributed by atoms with van der Waals surface area (Å²) in [6.07, 6.45) is 0.